The maximum atomic E-state index is 5.41. The molecule has 1 aliphatic heterocycles. The number of rotatable bonds is 1. The summed E-state index contributed by atoms with van der Waals surface area (Å²) in [5.41, 5.74) is 0. The molecular weight excluding hydrogens is 228 g/mol. The summed E-state index contributed by atoms with van der Waals surface area (Å²) in [5, 5.41) is 0. The molecule has 0 bridgehead atoms. The van der Waals surface area contributed by atoms with Gasteiger partial charge in [0, 0.05) is 18.0 Å². The third-order valence-electron chi connectivity index (χ3n) is 3.58. The molecule has 0 N–H and O–H groups in total. The minimum Gasteiger partial charge on any atom is -0.381 e. The third-order valence-corrected chi connectivity index (χ3v) is 4.42. The van der Waals surface area contributed by atoms with Crippen molar-refractivity contribution in [2.75, 3.05) is 13.2 Å². The van der Waals surface area contributed by atoms with E-state index in [2.05, 4.69) is 15.9 Å². The molecule has 1 saturated heterocycles. The quantitative estimate of drug-likeness (QED) is 0.645. The van der Waals surface area contributed by atoms with Gasteiger partial charge in [-0.05, 0) is 37.5 Å². The monoisotopic (exact) mass is 246 g/mol. The normalized spacial score (nSPS) is 37.6. The Labute approximate surface area is 89.4 Å². The predicted octanol–water partition coefficient (Wildman–Crippen LogP) is 3.37. The van der Waals surface area contributed by atoms with Crippen LogP contribution in [0.2, 0.25) is 0 Å². The van der Waals surface area contributed by atoms with Gasteiger partial charge in [-0.3, -0.25) is 0 Å². The van der Waals surface area contributed by atoms with Crippen molar-refractivity contribution in [1.82, 2.24) is 0 Å². The fourth-order valence-corrected chi connectivity index (χ4v) is 3.59. The van der Waals surface area contributed by atoms with Gasteiger partial charge in [0.1, 0.15) is 0 Å². The second kappa shape index (κ2) is 4.79. The minimum absolute atomic E-state index is 0.800. The molecule has 0 aromatic heterocycles. The molecule has 1 aliphatic carbocycles. The van der Waals surface area contributed by atoms with Crippen molar-refractivity contribution in [3.63, 3.8) is 0 Å². The van der Waals surface area contributed by atoms with E-state index in [9.17, 15) is 0 Å². The topological polar surface area (TPSA) is 9.23 Å². The van der Waals surface area contributed by atoms with Crippen LogP contribution in [0, 0.1) is 11.8 Å². The number of alkyl halides is 1. The second-order valence-electron chi connectivity index (χ2n) is 4.47. The molecule has 0 aromatic rings. The highest BCUT2D eigenvalue weighted by Crippen LogP contribution is 2.37. The Kier molecular flexibility index (Phi) is 3.67. The van der Waals surface area contributed by atoms with E-state index < -0.39 is 0 Å². The first-order chi connectivity index (χ1) is 6.36. The van der Waals surface area contributed by atoms with Crippen molar-refractivity contribution < 1.29 is 4.74 Å². The molecule has 2 rings (SSSR count). The highest BCUT2D eigenvalue weighted by Gasteiger charge is 2.28. The van der Waals surface area contributed by atoms with Gasteiger partial charge < -0.3 is 4.74 Å². The van der Waals surface area contributed by atoms with E-state index in [0.29, 0.717) is 0 Å². The van der Waals surface area contributed by atoms with E-state index in [-0.39, 0.29) is 0 Å². The van der Waals surface area contributed by atoms with E-state index in [1.165, 1.54) is 38.5 Å². The Hall–Kier alpha value is 0.440. The standard InChI is InChI=1S/C11H19BrO/c12-11-3-1-2-10(8-11)9-4-6-13-7-5-9/h9-11H,1-8H2. The average Bonchev–Trinajstić information content (AvgIpc) is 2.19. The lowest BCUT2D eigenvalue weighted by Gasteiger charge is -2.34. The fraction of sp³-hybridized carbons (Fsp3) is 1.00. The molecule has 13 heavy (non-hydrogen) atoms. The van der Waals surface area contributed by atoms with Gasteiger partial charge in [0.2, 0.25) is 0 Å². The average molecular weight is 247 g/mol. The van der Waals surface area contributed by atoms with Crippen LogP contribution in [0.4, 0.5) is 0 Å². The number of halogens is 1. The van der Waals surface area contributed by atoms with Crippen LogP contribution < -0.4 is 0 Å². The van der Waals surface area contributed by atoms with Crippen LogP contribution in [0.3, 0.4) is 0 Å². The summed E-state index contributed by atoms with van der Waals surface area (Å²) in [6.45, 7) is 2.02. The second-order valence-corrected chi connectivity index (χ2v) is 5.77. The van der Waals surface area contributed by atoms with E-state index >= 15 is 0 Å². The molecule has 76 valence electrons. The lowest BCUT2D eigenvalue weighted by Crippen LogP contribution is -2.27. The SMILES string of the molecule is BrC1CCCC(C2CCOCC2)C1. The molecule has 1 heterocycles. The van der Waals surface area contributed by atoms with Gasteiger partial charge in [-0.25, -0.2) is 0 Å². The molecule has 1 nitrogen and oxygen atoms in total. The van der Waals surface area contributed by atoms with Crippen molar-refractivity contribution >= 4 is 15.9 Å². The van der Waals surface area contributed by atoms with E-state index in [4.69, 9.17) is 4.74 Å². The first kappa shape index (κ1) is 9.97. The summed E-state index contributed by atoms with van der Waals surface area (Å²) in [6, 6.07) is 0. The third kappa shape index (κ3) is 2.69. The minimum atomic E-state index is 0.800. The van der Waals surface area contributed by atoms with Crippen LogP contribution in [-0.2, 0) is 4.74 Å². The van der Waals surface area contributed by atoms with Crippen molar-refractivity contribution in [2.45, 2.75) is 43.4 Å². The Bertz CT molecular complexity index is 154. The molecule has 0 aromatic carbocycles. The maximum absolute atomic E-state index is 5.41. The van der Waals surface area contributed by atoms with Gasteiger partial charge in [0.05, 0.1) is 0 Å². The van der Waals surface area contributed by atoms with Crippen LogP contribution in [0.25, 0.3) is 0 Å². The predicted molar refractivity (Wildman–Crippen MR) is 58.2 cm³/mol. The molecule has 2 fully saturated rings. The van der Waals surface area contributed by atoms with Crippen LogP contribution in [0.1, 0.15) is 38.5 Å². The van der Waals surface area contributed by atoms with Crippen molar-refractivity contribution in [3.05, 3.63) is 0 Å². The van der Waals surface area contributed by atoms with Crippen LogP contribution >= 0.6 is 15.9 Å². The van der Waals surface area contributed by atoms with Gasteiger partial charge in [0.25, 0.3) is 0 Å². The molecule has 0 radical (unpaired) electrons. The molecule has 2 heteroatoms. The van der Waals surface area contributed by atoms with Crippen LogP contribution in [-0.4, -0.2) is 18.0 Å². The van der Waals surface area contributed by atoms with E-state index in [1.807, 2.05) is 0 Å². The number of hydrogen-bond donors (Lipinski definition) is 0. The van der Waals surface area contributed by atoms with Gasteiger partial charge in [-0.15, -0.1) is 0 Å². The largest absolute Gasteiger partial charge is 0.381 e. The van der Waals surface area contributed by atoms with Crippen LogP contribution in [0.15, 0.2) is 0 Å². The number of ether oxygens (including phenoxy) is 1. The van der Waals surface area contributed by atoms with Gasteiger partial charge in [0.15, 0.2) is 0 Å². The van der Waals surface area contributed by atoms with Crippen molar-refractivity contribution in [2.24, 2.45) is 11.8 Å². The molecule has 0 amide bonds. The zero-order valence-electron chi connectivity index (χ0n) is 8.18. The summed E-state index contributed by atoms with van der Waals surface area (Å²) in [5.74, 6) is 1.95. The summed E-state index contributed by atoms with van der Waals surface area (Å²) in [4.78, 5) is 0.800. The summed E-state index contributed by atoms with van der Waals surface area (Å²) < 4.78 is 5.41. The van der Waals surface area contributed by atoms with E-state index in [1.54, 1.807) is 0 Å². The highest BCUT2D eigenvalue weighted by molar-refractivity contribution is 9.09. The first-order valence-corrected chi connectivity index (χ1v) is 6.49. The summed E-state index contributed by atoms with van der Waals surface area (Å²) in [7, 11) is 0. The molecular formula is C11H19BrO. The van der Waals surface area contributed by atoms with Crippen molar-refractivity contribution in [1.29, 1.82) is 0 Å². The molecule has 2 aliphatic rings. The molecule has 2 unspecified atom stereocenters. The van der Waals surface area contributed by atoms with E-state index in [0.717, 1.165) is 29.9 Å². The Morgan fingerprint density at radius 3 is 2.38 bits per heavy atom. The molecule has 0 spiro atoms. The zero-order valence-corrected chi connectivity index (χ0v) is 9.76. The lowest BCUT2D eigenvalue weighted by atomic mass is 9.77. The highest BCUT2D eigenvalue weighted by atomic mass is 79.9. The Morgan fingerprint density at radius 2 is 1.69 bits per heavy atom. The molecule has 2 atom stereocenters. The van der Waals surface area contributed by atoms with Crippen LogP contribution in [0.5, 0.6) is 0 Å². The van der Waals surface area contributed by atoms with Gasteiger partial charge >= 0.3 is 0 Å². The Morgan fingerprint density at radius 1 is 0.923 bits per heavy atom. The fourth-order valence-electron chi connectivity index (χ4n) is 2.78. The first-order valence-electron chi connectivity index (χ1n) is 5.58. The zero-order chi connectivity index (χ0) is 9.10. The summed E-state index contributed by atoms with van der Waals surface area (Å²) >= 11 is 3.76. The lowest BCUT2D eigenvalue weighted by molar-refractivity contribution is 0.0398. The summed E-state index contributed by atoms with van der Waals surface area (Å²) in [6.07, 6.45) is 8.31. The van der Waals surface area contributed by atoms with Gasteiger partial charge in [-0.2, -0.15) is 0 Å². The smallest absolute Gasteiger partial charge is 0.0468 e. The molecule has 1 saturated carbocycles. The maximum Gasteiger partial charge on any atom is 0.0468 e. The Balaban J connectivity index is 1.83. The number of hydrogen-bond acceptors (Lipinski definition) is 1. The van der Waals surface area contributed by atoms with Crippen molar-refractivity contribution in [3.8, 4) is 0 Å². The van der Waals surface area contributed by atoms with Gasteiger partial charge in [-0.1, -0.05) is 28.8 Å².